The molecule has 0 aliphatic carbocycles. The molecule has 31 heavy (non-hydrogen) atoms. The Hall–Kier alpha value is -3.35. The van der Waals surface area contributed by atoms with Crippen LogP contribution in [0.2, 0.25) is 0 Å². The van der Waals surface area contributed by atoms with Crippen LogP contribution >= 0.6 is 0 Å². The van der Waals surface area contributed by atoms with Gasteiger partial charge >= 0.3 is 5.63 Å². The van der Waals surface area contributed by atoms with Gasteiger partial charge in [0, 0.05) is 24.0 Å². The number of aromatic hydroxyl groups is 1. The Morgan fingerprint density at radius 1 is 0.871 bits per heavy atom. The van der Waals surface area contributed by atoms with E-state index in [1.807, 2.05) is 36.4 Å². The van der Waals surface area contributed by atoms with E-state index in [0.717, 1.165) is 17.4 Å². The van der Waals surface area contributed by atoms with Gasteiger partial charge in [0.05, 0.1) is 5.56 Å². The molecule has 4 rings (SSSR count). The summed E-state index contributed by atoms with van der Waals surface area (Å²) in [5.74, 6) is 0.544. The van der Waals surface area contributed by atoms with Crippen molar-refractivity contribution >= 4 is 11.0 Å². The summed E-state index contributed by atoms with van der Waals surface area (Å²) in [5.41, 5.74) is 2.97. The zero-order chi connectivity index (χ0) is 22.0. The van der Waals surface area contributed by atoms with Crippen LogP contribution in [0.15, 0.2) is 68.2 Å². The lowest BCUT2D eigenvalue weighted by molar-refractivity contribution is -0.0886. The van der Waals surface area contributed by atoms with Gasteiger partial charge < -0.3 is 19.1 Å². The molecular formula is C25H25NO5. The number of hydrogen-bond donors (Lipinski definition) is 2. The monoisotopic (exact) mass is 419 g/mol. The highest BCUT2D eigenvalue weighted by molar-refractivity contribution is 5.83. The highest BCUT2D eigenvalue weighted by Crippen LogP contribution is 2.33. The lowest BCUT2D eigenvalue weighted by atomic mass is 10.1. The fraction of sp³-hybridized carbons (Fsp3) is 0.240. The fourth-order valence-corrected chi connectivity index (χ4v) is 3.60. The summed E-state index contributed by atoms with van der Waals surface area (Å²) in [6.45, 7) is 4.29. The lowest BCUT2D eigenvalue weighted by Gasteiger charge is -2.14. The van der Waals surface area contributed by atoms with Crippen molar-refractivity contribution in [2.45, 2.75) is 26.7 Å². The minimum atomic E-state index is -0.585. The third kappa shape index (κ3) is 4.55. The topological polar surface area (TPSA) is 87.0 Å². The van der Waals surface area contributed by atoms with Crippen molar-refractivity contribution < 1.29 is 19.1 Å². The molecule has 0 spiro atoms. The number of nitrogens with zero attached hydrogens (tertiary/aromatic N) is 1. The van der Waals surface area contributed by atoms with Gasteiger partial charge in [0.15, 0.2) is 11.5 Å². The number of fused-ring (bicyclic) bond motifs is 1. The van der Waals surface area contributed by atoms with E-state index in [1.165, 1.54) is 17.6 Å². The second-order valence-electron chi connectivity index (χ2n) is 7.74. The molecular weight excluding hydrogens is 394 g/mol. The van der Waals surface area contributed by atoms with Gasteiger partial charge in [-0.05, 0) is 56.0 Å². The van der Waals surface area contributed by atoms with Gasteiger partial charge in [0.1, 0.15) is 11.3 Å². The van der Waals surface area contributed by atoms with Crippen molar-refractivity contribution in [1.29, 1.82) is 0 Å². The summed E-state index contributed by atoms with van der Waals surface area (Å²) in [7, 11) is 0. The summed E-state index contributed by atoms with van der Waals surface area (Å²) in [6, 6.07) is 17.7. The van der Waals surface area contributed by atoms with Crippen molar-refractivity contribution in [3.63, 3.8) is 0 Å². The molecule has 0 saturated carbocycles. The maximum Gasteiger partial charge on any atom is 0.343 e. The van der Waals surface area contributed by atoms with Gasteiger partial charge in [-0.15, -0.1) is 0 Å². The molecule has 0 saturated heterocycles. The Labute approximate surface area is 179 Å². The molecule has 0 aliphatic rings. The lowest BCUT2D eigenvalue weighted by Crippen LogP contribution is -2.24. The van der Waals surface area contributed by atoms with Crippen molar-refractivity contribution in [3.8, 4) is 17.3 Å². The molecule has 2 heterocycles. The maximum atomic E-state index is 12.0. The minimum absolute atomic E-state index is 0.0778. The van der Waals surface area contributed by atoms with Crippen molar-refractivity contribution in [3.05, 3.63) is 87.3 Å². The molecule has 4 aromatic rings. The van der Waals surface area contributed by atoms with Gasteiger partial charge in [0.25, 0.3) is 0 Å². The maximum absolute atomic E-state index is 12.0. The molecule has 0 aliphatic heterocycles. The van der Waals surface area contributed by atoms with E-state index in [-0.39, 0.29) is 17.1 Å². The van der Waals surface area contributed by atoms with Crippen molar-refractivity contribution in [1.82, 2.24) is 5.06 Å². The molecule has 6 heteroatoms. The molecule has 2 aromatic heterocycles. The summed E-state index contributed by atoms with van der Waals surface area (Å²) in [6.07, 6.45) is 1.47. The number of hydroxylamine groups is 2. The smallest absolute Gasteiger partial charge is 0.343 e. The number of benzene rings is 2. The molecule has 0 amide bonds. The number of hydrogen-bond acceptors (Lipinski definition) is 6. The summed E-state index contributed by atoms with van der Waals surface area (Å²) in [4.78, 5) is 12.0. The Bertz CT molecular complexity index is 1260. The normalized spacial score (nSPS) is 11.5. The molecule has 160 valence electrons. The average molecular weight is 419 g/mol. The second-order valence-corrected chi connectivity index (χ2v) is 7.74. The van der Waals surface area contributed by atoms with E-state index in [0.29, 0.717) is 36.4 Å². The SMILES string of the molecule is Cc1c(-c2cc3cc(CCN(O)CCc4ccccc4)ccc3o2)oc(=O)c(C)c1O. The molecule has 0 atom stereocenters. The highest BCUT2D eigenvalue weighted by Gasteiger charge is 2.18. The van der Waals surface area contributed by atoms with Crippen LogP contribution in [0, 0.1) is 13.8 Å². The van der Waals surface area contributed by atoms with Crippen LogP contribution in [0.25, 0.3) is 22.5 Å². The third-order valence-electron chi connectivity index (χ3n) is 5.52. The van der Waals surface area contributed by atoms with Gasteiger partial charge in [0.2, 0.25) is 0 Å². The first-order valence-electron chi connectivity index (χ1n) is 10.3. The van der Waals surface area contributed by atoms with E-state index < -0.39 is 5.63 Å². The first-order chi connectivity index (χ1) is 14.9. The molecule has 6 nitrogen and oxygen atoms in total. The van der Waals surface area contributed by atoms with Crippen LogP contribution in [0.1, 0.15) is 22.3 Å². The van der Waals surface area contributed by atoms with E-state index in [2.05, 4.69) is 12.1 Å². The zero-order valence-electron chi connectivity index (χ0n) is 17.6. The highest BCUT2D eigenvalue weighted by atomic mass is 16.5. The van der Waals surface area contributed by atoms with Gasteiger partial charge in [-0.25, -0.2) is 4.79 Å². The van der Waals surface area contributed by atoms with E-state index in [9.17, 15) is 15.1 Å². The van der Waals surface area contributed by atoms with Crippen molar-refractivity contribution in [2.75, 3.05) is 13.1 Å². The van der Waals surface area contributed by atoms with Crippen LogP contribution in [0.4, 0.5) is 0 Å². The van der Waals surface area contributed by atoms with Crippen molar-refractivity contribution in [2.24, 2.45) is 0 Å². The first kappa shape index (κ1) is 20.9. The molecule has 0 bridgehead atoms. The van der Waals surface area contributed by atoms with E-state index >= 15 is 0 Å². The third-order valence-corrected chi connectivity index (χ3v) is 5.52. The van der Waals surface area contributed by atoms with Crippen LogP contribution in [-0.4, -0.2) is 28.5 Å². The standard InChI is InChI=1S/C25H25NO5/c1-16-23(27)17(2)25(28)31-24(16)22-15-20-14-19(8-9-21(20)30-22)11-13-26(29)12-10-18-6-4-3-5-7-18/h3-9,14-15,27,29H,10-13H2,1-2H3. The Morgan fingerprint density at radius 3 is 2.32 bits per heavy atom. The fourth-order valence-electron chi connectivity index (χ4n) is 3.60. The predicted molar refractivity (Wildman–Crippen MR) is 119 cm³/mol. The Balaban J connectivity index is 1.46. The second kappa shape index (κ2) is 8.79. The number of rotatable bonds is 7. The summed E-state index contributed by atoms with van der Waals surface area (Å²) >= 11 is 0. The van der Waals surface area contributed by atoms with E-state index in [4.69, 9.17) is 8.83 Å². The van der Waals surface area contributed by atoms with Gasteiger partial charge in [-0.3, -0.25) is 0 Å². The zero-order valence-corrected chi connectivity index (χ0v) is 17.6. The van der Waals surface area contributed by atoms with Gasteiger partial charge in [-0.2, -0.15) is 5.06 Å². The molecule has 0 radical (unpaired) electrons. The van der Waals surface area contributed by atoms with Crippen LogP contribution in [0.5, 0.6) is 5.75 Å². The van der Waals surface area contributed by atoms with Crippen LogP contribution in [-0.2, 0) is 12.8 Å². The average Bonchev–Trinajstić information content (AvgIpc) is 3.21. The molecule has 2 N–H and O–H groups in total. The minimum Gasteiger partial charge on any atom is -0.507 e. The first-order valence-corrected chi connectivity index (χ1v) is 10.3. The van der Waals surface area contributed by atoms with Gasteiger partial charge in [-0.1, -0.05) is 36.4 Å². The summed E-state index contributed by atoms with van der Waals surface area (Å²) in [5, 5.41) is 22.6. The van der Waals surface area contributed by atoms with E-state index in [1.54, 1.807) is 13.0 Å². The quantitative estimate of drug-likeness (QED) is 0.416. The van der Waals surface area contributed by atoms with Crippen LogP contribution < -0.4 is 5.63 Å². The largest absolute Gasteiger partial charge is 0.507 e. The molecule has 0 unspecified atom stereocenters. The predicted octanol–water partition coefficient (Wildman–Crippen LogP) is 4.85. The number of furan rings is 1. The molecule has 0 fully saturated rings. The Morgan fingerprint density at radius 2 is 1.58 bits per heavy atom. The summed E-state index contributed by atoms with van der Waals surface area (Å²) < 4.78 is 11.2. The molecule has 2 aromatic carbocycles. The van der Waals surface area contributed by atoms with Crippen LogP contribution in [0.3, 0.4) is 0 Å². The Kier molecular flexibility index (Phi) is 5.93.